The largest absolute Gasteiger partial charge is 0.456 e. The Balaban J connectivity index is 1.48. The van der Waals surface area contributed by atoms with Crippen LogP contribution in [0.25, 0.3) is 0 Å². The number of carbonyl (C=O) groups excluding carboxylic acids is 4. The van der Waals surface area contributed by atoms with E-state index in [1.165, 1.54) is 0 Å². The van der Waals surface area contributed by atoms with Crippen LogP contribution in [0, 0.1) is 29.6 Å². The van der Waals surface area contributed by atoms with Gasteiger partial charge in [-0.15, -0.1) is 0 Å². The minimum absolute atomic E-state index is 0.0833. The molecule has 6 nitrogen and oxygen atoms in total. The number of imide groups is 1. The minimum Gasteiger partial charge on any atom is -0.456 e. The maximum Gasteiger partial charge on any atom is 0.330 e. The smallest absolute Gasteiger partial charge is 0.330 e. The van der Waals surface area contributed by atoms with Gasteiger partial charge < -0.3 is 4.74 Å². The summed E-state index contributed by atoms with van der Waals surface area (Å²) in [7, 11) is 0. The van der Waals surface area contributed by atoms with Crippen LogP contribution in [0.2, 0.25) is 0 Å². The fourth-order valence-corrected chi connectivity index (χ4v) is 4.80. The van der Waals surface area contributed by atoms with Crippen LogP contribution in [0.1, 0.15) is 30.6 Å². The van der Waals surface area contributed by atoms with Crippen LogP contribution in [-0.4, -0.2) is 41.1 Å². The second kappa shape index (κ2) is 7.00. The van der Waals surface area contributed by atoms with Gasteiger partial charge in [0.2, 0.25) is 11.8 Å². The normalized spacial score (nSPS) is 28.8. The Bertz CT molecular complexity index is 829. The molecular weight excluding hydrogens is 358 g/mol. The zero-order chi connectivity index (χ0) is 20.0. The van der Waals surface area contributed by atoms with E-state index in [9.17, 15) is 19.2 Å². The van der Waals surface area contributed by atoms with Gasteiger partial charge in [0.1, 0.15) is 6.04 Å². The number of rotatable bonds is 6. The Morgan fingerprint density at radius 2 is 1.61 bits per heavy atom. The highest BCUT2D eigenvalue weighted by atomic mass is 16.5. The number of ketones is 1. The summed E-state index contributed by atoms with van der Waals surface area (Å²) in [5, 5.41) is 0. The Morgan fingerprint density at radius 3 is 2.14 bits per heavy atom. The lowest BCUT2D eigenvalue weighted by molar-refractivity contribution is -0.160. The molecule has 0 aromatic heterocycles. The lowest BCUT2D eigenvalue weighted by Crippen LogP contribution is -2.50. The van der Waals surface area contributed by atoms with Gasteiger partial charge in [-0.1, -0.05) is 56.3 Å². The number of hydrogen-bond donors (Lipinski definition) is 0. The number of allylic oxidation sites excluding steroid dienone is 2. The van der Waals surface area contributed by atoms with Crippen LogP contribution >= 0.6 is 0 Å². The molecule has 0 unspecified atom stereocenters. The van der Waals surface area contributed by atoms with E-state index in [0.29, 0.717) is 5.56 Å². The summed E-state index contributed by atoms with van der Waals surface area (Å²) >= 11 is 0. The zero-order valence-corrected chi connectivity index (χ0v) is 15.9. The highest BCUT2D eigenvalue weighted by Crippen LogP contribution is 2.53. The van der Waals surface area contributed by atoms with E-state index in [-0.39, 0.29) is 47.2 Å². The first-order chi connectivity index (χ1) is 13.4. The Kier molecular flexibility index (Phi) is 4.65. The molecule has 2 bridgehead atoms. The predicted molar refractivity (Wildman–Crippen MR) is 99.9 cm³/mol. The average molecular weight is 381 g/mol. The molecule has 4 rings (SSSR count). The number of fused-ring (bicyclic) bond motifs is 5. The van der Waals surface area contributed by atoms with Crippen molar-refractivity contribution >= 4 is 23.6 Å². The van der Waals surface area contributed by atoms with E-state index in [1.54, 1.807) is 44.2 Å². The van der Waals surface area contributed by atoms with E-state index in [1.807, 2.05) is 12.2 Å². The number of ether oxygens (including phenoxy) is 1. The van der Waals surface area contributed by atoms with Crippen molar-refractivity contribution in [2.24, 2.45) is 29.6 Å². The number of hydrogen-bond acceptors (Lipinski definition) is 5. The van der Waals surface area contributed by atoms with E-state index < -0.39 is 18.6 Å². The summed E-state index contributed by atoms with van der Waals surface area (Å²) in [4.78, 5) is 52.1. The summed E-state index contributed by atoms with van der Waals surface area (Å²) in [6, 6.07) is 7.54. The van der Waals surface area contributed by atoms with Crippen LogP contribution < -0.4 is 0 Å². The molecule has 6 heteroatoms. The van der Waals surface area contributed by atoms with Crippen molar-refractivity contribution in [3.8, 4) is 0 Å². The number of amides is 2. The molecule has 1 aromatic rings. The molecule has 2 fully saturated rings. The molecule has 1 saturated heterocycles. The maximum absolute atomic E-state index is 13.0. The first-order valence-electron chi connectivity index (χ1n) is 9.70. The van der Waals surface area contributed by atoms with Crippen LogP contribution in [0.3, 0.4) is 0 Å². The van der Waals surface area contributed by atoms with Crippen molar-refractivity contribution in [3.05, 3.63) is 48.0 Å². The first-order valence-corrected chi connectivity index (χ1v) is 9.70. The van der Waals surface area contributed by atoms with E-state index in [4.69, 9.17) is 4.74 Å². The number of nitrogens with zero attached hydrogens (tertiary/aromatic N) is 1. The molecule has 3 aliphatic rings. The fraction of sp³-hybridized carbons (Fsp3) is 0.455. The van der Waals surface area contributed by atoms with Gasteiger partial charge in [-0.2, -0.15) is 0 Å². The quantitative estimate of drug-likeness (QED) is 0.327. The van der Waals surface area contributed by atoms with E-state index in [0.717, 1.165) is 11.3 Å². The highest BCUT2D eigenvalue weighted by molar-refractivity contribution is 6.09. The van der Waals surface area contributed by atoms with Crippen molar-refractivity contribution in [3.63, 3.8) is 0 Å². The first kappa shape index (κ1) is 18.6. The molecule has 1 saturated carbocycles. The number of Topliss-reactive ketones (excluding diaryl/α,β-unsaturated/α-hetero) is 1. The zero-order valence-electron chi connectivity index (χ0n) is 15.9. The van der Waals surface area contributed by atoms with Crippen molar-refractivity contribution < 1.29 is 23.9 Å². The highest BCUT2D eigenvalue weighted by Gasteiger charge is 2.61. The molecule has 1 aromatic carbocycles. The third-order valence-corrected chi connectivity index (χ3v) is 6.10. The predicted octanol–water partition coefficient (Wildman–Crippen LogP) is 2.24. The second-order valence-corrected chi connectivity index (χ2v) is 8.13. The standard InChI is InChI=1S/C22H23NO5/c1-12(2)19(22(27)28-11-16(24)13-6-4-3-5-7-13)23-20(25)17-14-8-9-15(10-14)18(17)21(23)26/h3-9,12,14-15,17-19H,10-11H2,1-2H3/t14-,15-,17-,18-,19-/m0/s1. The summed E-state index contributed by atoms with van der Waals surface area (Å²) in [5.41, 5.74) is 0.446. The van der Waals surface area contributed by atoms with Gasteiger partial charge in [-0.3, -0.25) is 19.3 Å². The molecule has 2 amide bonds. The topological polar surface area (TPSA) is 80.8 Å². The molecule has 1 heterocycles. The van der Waals surface area contributed by atoms with Gasteiger partial charge in [0.05, 0.1) is 11.8 Å². The average Bonchev–Trinajstić information content (AvgIpc) is 3.36. The summed E-state index contributed by atoms with van der Waals surface area (Å²) in [5.74, 6) is -2.45. The van der Waals surface area contributed by atoms with Gasteiger partial charge in [0.25, 0.3) is 0 Å². The lowest BCUT2D eigenvalue weighted by atomic mass is 9.85. The van der Waals surface area contributed by atoms with Gasteiger partial charge in [-0.25, -0.2) is 4.79 Å². The summed E-state index contributed by atoms with van der Waals surface area (Å²) in [6.45, 7) is 3.13. The van der Waals surface area contributed by atoms with Crippen LogP contribution in [0.4, 0.5) is 0 Å². The summed E-state index contributed by atoms with van der Waals surface area (Å²) < 4.78 is 5.23. The van der Waals surface area contributed by atoms with Crippen LogP contribution in [-0.2, 0) is 19.1 Å². The van der Waals surface area contributed by atoms with Gasteiger partial charge in [0.15, 0.2) is 12.4 Å². The molecule has 0 radical (unpaired) electrons. The van der Waals surface area contributed by atoms with Crippen LogP contribution in [0.5, 0.6) is 0 Å². The van der Waals surface area contributed by atoms with E-state index >= 15 is 0 Å². The molecule has 28 heavy (non-hydrogen) atoms. The maximum atomic E-state index is 13.0. The van der Waals surface area contributed by atoms with Gasteiger partial charge in [0, 0.05) is 5.56 Å². The van der Waals surface area contributed by atoms with Crippen molar-refractivity contribution in [1.29, 1.82) is 0 Å². The van der Waals surface area contributed by atoms with Crippen molar-refractivity contribution in [2.45, 2.75) is 26.3 Å². The lowest BCUT2D eigenvalue weighted by Gasteiger charge is -2.28. The van der Waals surface area contributed by atoms with Gasteiger partial charge >= 0.3 is 5.97 Å². The van der Waals surface area contributed by atoms with Crippen LogP contribution in [0.15, 0.2) is 42.5 Å². The van der Waals surface area contributed by atoms with E-state index in [2.05, 4.69) is 0 Å². The fourth-order valence-electron chi connectivity index (χ4n) is 4.80. The molecule has 2 aliphatic carbocycles. The Hall–Kier alpha value is -2.76. The Morgan fingerprint density at radius 1 is 1.04 bits per heavy atom. The molecule has 1 aliphatic heterocycles. The SMILES string of the molecule is CC(C)[C@@H](C(=O)OCC(=O)c1ccccc1)N1C(=O)[C@@H]2[C@@H](C1=O)[C@H]1C=C[C@H]2C1. The molecule has 5 atom stereocenters. The number of esters is 1. The molecule has 0 N–H and O–H groups in total. The molecule has 146 valence electrons. The minimum atomic E-state index is -1.01. The number of carbonyl (C=O) groups is 4. The molecular formula is C22H23NO5. The number of likely N-dealkylation sites (tertiary alicyclic amines) is 1. The third kappa shape index (κ3) is 2.87. The third-order valence-electron chi connectivity index (χ3n) is 6.10. The van der Waals surface area contributed by atoms with Gasteiger partial charge in [-0.05, 0) is 24.2 Å². The molecule has 0 spiro atoms. The second-order valence-electron chi connectivity index (χ2n) is 8.13. The van der Waals surface area contributed by atoms with Crippen molar-refractivity contribution in [1.82, 2.24) is 4.90 Å². The Labute approximate surface area is 163 Å². The number of benzene rings is 1. The monoisotopic (exact) mass is 381 g/mol. The van der Waals surface area contributed by atoms with Crippen molar-refractivity contribution in [2.75, 3.05) is 6.61 Å². The summed E-state index contributed by atoms with van der Waals surface area (Å²) in [6.07, 6.45) is 4.87.